The minimum atomic E-state index is -0.618. The van der Waals surface area contributed by atoms with Crippen molar-refractivity contribution in [2.24, 2.45) is 0 Å². The van der Waals surface area contributed by atoms with Crippen molar-refractivity contribution in [3.8, 4) is 0 Å². The maximum absolute atomic E-state index is 10.2. The first kappa shape index (κ1) is 14.1. The Balaban J connectivity index is 2.19. The molecule has 2 rings (SSSR count). The lowest BCUT2D eigenvalue weighted by Crippen LogP contribution is -2.46. The van der Waals surface area contributed by atoms with Crippen molar-refractivity contribution < 1.29 is 5.11 Å². The summed E-state index contributed by atoms with van der Waals surface area (Å²) in [6.45, 7) is 8.56. The zero-order chi connectivity index (χ0) is 13.9. The van der Waals surface area contributed by atoms with E-state index in [-0.39, 0.29) is 0 Å². The van der Waals surface area contributed by atoms with Crippen LogP contribution in [0.15, 0.2) is 6.33 Å². The van der Waals surface area contributed by atoms with Crippen LogP contribution >= 0.6 is 0 Å². The molecule has 1 aromatic rings. The van der Waals surface area contributed by atoms with Crippen LogP contribution in [0.3, 0.4) is 0 Å². The smallest absolute Gasteiger partial charge is 0.137 e. The van der Waals surface area contributed by atoms with Gasteiger partial charge in [-0.15, -0.1) is 0 Å². The highest BCUT2D eigenvalue weighted by atomic mass is 16.3. The van der Waals surface area contributed by atoms with E-state index in [0.717, 1.165) is 49.6 Å². The van der Waals surface area contributed by atoms with Gasteiger partial charge in [-0.05, 0) is 33.1 Å². The minimum absolute atomic E-state index is 0.618. The molecule has 1 aromatic heterocycles. The second-order valence-electron chi connectivity index (χ2n) is 5.62. The molecule has 0 aliphatic carbocycles. The maximum atomic E-state index is 10.2. The summed E-state index contributed by atoms with van der Waals surface area (Å²) < 4.78 is 0. The summed E-state index contributed by atoms with van der Waals surface area (Å²) >= 11 is 0. The summed E-state index contributed by atoms with van der Waals surface area (Å²) in [6, 6.07) is 0. The van der Waals surface area contributed by atoms with Crippen LogP contribution < -0.4 is 10.2 Å². The fourth-order valence-electron chi connectivity index (χ4n) is 2.58. The maximum Gasteiger partial charge on any atom is 0.137 e. The molecule has 1 aliphatic heterocycles. The van der Waals surface area contributed by atoms with E-state index in [1.165, 1.54) is 0 Å². The molecule has 19 heavy (non-hydrogen) atoms. The minimum Gasteiger partial charge on any atom is -0.388 e. The third-order valence-corrected chi connectivity index (χ3v) is 3.57. The Morgan fingerprint density at radius 1 is 1.47 bits per heavy atom. The van der Waals surface area contributed by atoms with E-state index in [9.17, 15) is 5.11 Å². The van der Waals surface area contributed by atoms with Gasteiger partial charge in [0.2, 0.25) is 0 Å². The Labute approximate surface area is 115 Å². The van der Waals surface area contributed by atoms with Crippen molar-refractivity contribution in [1.82, 2.24) is 9.97 Å². The van der Waals surface area contributed by atoms with Crippen LogP contribution in [0.2, 0.25) is 0 Å². The Morgan fingerprint density at radius 2 is 2.26 bits per heavy atom. The van der Waals surface area contributed by atoms with Crippen molar-refractivity contribution in [3.63, 3.8) is 0 Å². The fourth-order valence-corrected chi connectivity index (χ4v) is 2.58. The fraction of sp³-hybridized carbons (Fsp3) is 0.714. The number of hydrogen-bond acceptors (Lipinski definition) is 5. The van der Waals surface area contributed by atoms with Gasteiger partial charge in [-0.2, -0.15) is 0 Å². The van der Waals surface area contributed by atoms with Gasteiger partial charge < -0.3 is 15.3 Å². The van der Waals surface area contributed by atoms with Crippen LogP contribution in [-0.2, 0) is 0 Å². The van der Waals surface area contributed by atoms with Crippen LogP contribution in [0.25, 0.3) is 0 Å². The van der Waals surface area contributed by atoms with Crippen LogP contribution in [0.1, 0.15) is 38.7 Å². The molecule has 2 heterocycles. The lowest BCUT2D eigenvalue weighted by Gasteiger charge is -2.38. The van der Waals surface area contributed by atoms with E-state index in [0.29, 0.717) is 6.54 Å². The number of β-amino-alcohol motifs (C(OH)–C–C–N with tert-alkyl or cyclic N) is 1. The molecule has 1 fully saturated rings. The van der Waals surface area contributed by atoms with E-state index >= 15 is 0 Å². The first-order valence-electron chi connectivity index (χ1n) is 7.06. The Bertz CT molecular complexity index is 433. The van der Waals surface area contributed by atoms with Crippen LogP contribution in [0.4, 0.5) is 11.6 Å². The molecule has 0 saturated carbocycles. The summed E-state index contributed by atoms with van der Waals surface area (Å²) in [5.74, 6) is 1.84. The van der Waals surface area contributed by atoms with Gasteiger partial charge >= 0.3 is 0 Å². The molecule has 2 N–H and O–H groups in total. The summed E-state index contributed by atoms with van der Waals surface area (Å²) in [5.41, 5.74) is 0.445. The predicted molar refractivity (Wildman–Crippen MR) is 77.6 cm³/mol. The number of aromatic nitrogens is 2. The van der Waals surface area contributed by atoms with Gasteiger partial charge in [-0.25, -0.2) is 9.97 Å². The molecule has 5 nitrogen and oxygen atoms in total. The lowest BCUT2D eigenvalue weighted by molar-refractivity contribution is 0.0447. The molecule has 106 valence electrons. The van der Waals surface area contributed by atoms with Gasteiger partial charge in [0, 0.05) is 25.2 Å². The molecule has 0 spiro atoms. The molecule has 0 bridgehead atoms. The monoisotopic (exact) mass is 264 g/mol. The molecule has 1 aliphatic rings. The van der Waals surface area contributed by atoms with Gasteiger partial charge in [0.15, 0.2) is 0 Å². The third kappa shape index (κ3) is 3.35. The normalized spacial score (nSPS) is 23.5. The second-order valence-corrected chi connectivity index (χ2v) is 5.62. The predicted octanol–water partition coefficient (Wildman–Crippen LogP) is 1.96. The summed E-state index contributed by atoms with van der Waals surface area (Å²) in [5, 5.41) is 13.5. The standard InChI is InChI=1S/C14H24N4O/c1-4-7-15-12-11(2)13(17-10-16-12)18-8-5-6-14(3,19)9-18/h10,19H,4-9H2,1-3H3,(H,15,16,17). The number of rotatable bonds is 4. The third-order valence-electron chi connectivity index (χ3n) is 3.57. The molecular formula is C14H24N4O. The zero-order valence-corrected chi connectivity index (χ0v) is 12.1. The molecule has 0 aromatic carbocycles. The highest BCUT2D eigenvalue weighted by Crippen LogP contribution is 2.28. The molecule has 0 amide bonds. The van der Waals surface area contributed by atoms with E-state index in [4.69, 9.17) is 0 Å². The number of piperidine rings is 1. The Morgan fingerprint density at radius 3 is 2.95 bits per heavy atom. The van der Waals surface area contributed by atoms with E-state index in [1.807, 2.05) is 13.8 Å². The SMILES string of the molecule is CCCNc1ncnc(N2CCCC(C)(O)C2)c1C. The van der Waals surface area contributed by atoms with Gasteiger partial charge in [0.25, 0.3) is 0 Å². The summed E-state index contributed by atoms with van der Waals surface area (Å²) in [7, 11) is 0. The second kappa shape index (κ2) is 5.74. The Hall–Kier alpha value is -1.36. The number of nitrogens with one attached hydrogen (secondary N) is 1. The first-order valence-corrected chi connectivity index (χ1v) is 7.06. The summed E-state index contributed by atoms with van der Waals surface area (Å²) in [4.78, 5) is 10.9. The number of aliphatic hydroxyl groups is 1. The van der Waals surface area contributed by atoms with Gasteiger partial charge in [-0.1, -0.05) is 6.92 Å². The van der Waals surface area contributed by atoms with Crippen molar-refractivity contribution >= 4 is 11.6 Å². The van der Waals surface area contributed by atoms with Crippen molar-refractivity contribution in [3.05, 3.63) is 11.9 Å². The van der Waals surface area contributed by atoms with Crippen molar-refractivity contribution in [2.75, 3.05) is 29.9 Å². The number of nitrogens with zero attached hydrogens (tertiary/aromatic N) is 3. The van der Waals surface area contributed by atoms with Crippen molar-refractivity contribution in [1.29, 1.82) is 0 Å². The average Bonchev–Trinajstić information content (AvgIpc) is 2.36. The van der Waals surface area contributed by atoms with E-state index in [1.54, 1.807) is 6.33 Å². The quantitative estimate of drug-likeness (QED) is 0.870. The first-order chi connectivity index (χ1) is 9.03. The van der Waals surface area contributed by atoms with E-state index in [2.05, 4.69) is 27.1 Å². The van der Waals surface area contributed by atoms with Crippen LogP contribution in [0, 0.1) is 6.92 Å². The van der Waals surface area contributed by atoms with Crippen LogP contribution in [0.5, 0.6) is 0 Å². The topological polar surface area (TPSA) is 61.3 Å². The zero-order valence-electron chi connectivity index (χ0n) is 12.1. The highest BCUT2D eigenvalue weighted by molar-refractivity contribution is 5.58. The average molecular weight is 264 g/mol. The molecule has 1 saturated heterocycles. The van der Waals surface area contributed by atoms with Crippen molar-refractivity contribution in [2.45, 2.75) is 45.6 Å². The molecule has 0 radical (unpaired) electrons. The highest BCUT2D eigenvalue weighted by Gasteiger charge is 2.30. The molecular weight excluding hydrogens is 240 g/mol. The van der Waals surface area contributed by atoms with Gasteiger partial charge in [0.05, 0.1) is 5.60 Å². The van der Waals surface area contributed by atoms with Gasteiger partial charge in [0.1, 0.15) is 18.0 Å². The molecule has 1 unspecified atom stereocenters. The Kier molecular flexibility index (Phi) is 4.24. The largest absolute Gasteiger partial charge is 0.388 e. The van der Waals surface area contributed by atoms with E-state index < -0.39 is 5.60 Å². The molecule has 1 atom stereocenters. The lowest BCUT2D eigenvalue weighted by atomic mass is 9.95. The van der Waals surface area contributed by atoms with Gasteiger partial charge in [-0.3, -0.25) is 0 Å². The number of hydrogen-bond donors (Lipinski definition) is 2. The summed E-state index contributed by atoms with van der Waals surface area (Å²) in [6.07, 6.45) is 4.52. The molecule has 5 heteroatoms. The number of anilines is 2. The van der Waals surface area contributed by atoms with Crippen LogP contribution in [-0.4, -0.2) is 40.3 Å².